The number of hydrogen-bond acceptors (Lipinski definition) is 3. The molecule has 2 rings (SSSR count). The second-order valence-corrected chi connectivity index (χ2v) is 4.29. The van der Waals surface area contributed by atoms with Crippen molar-refractivity contribution in [2.45, 2.75) is 26.4 Å². The monoisotopic (exact) mass is 233 g/mol. The van der Waals surface area contributed by atoms with Gasteiger partial charge < -0.3 is 10.2 Å². The van der Waals surface area contributed by atoms with Crippen LogP contribution < -0.4 is 5.32 Å². The van der Waals surface area contributed by atoms with Gasteiger partial charge in [-0.1, -0.05) is 0 Å². The number of nitrogens with one attached hydrogen (secondary N) is 1. The molecule has 1 aromatic heterocycles. The summed E-state index contributed by atoms with van der Waals surface area (Å²) in [6.07, 6.45) is 3.45. The van der Waals surface area contributed by atoms with Crippen molar-refractivity contribution in [3.8, 4) is 0 Å². The summed E-state index contributed by atoms with van der Waals surface area (Å²) in [7, 11) is 0. The van der Waals surface area contributed by atoms with Gasteiger partial charge in [0.1, 0.15) is 6.04 Å². The number of aromatic nitrogens is 1. The standard InChI is InChI=1S/C12H15N3O2/c1-8-3-4-13-5-10(8)6-15-7-11(16)14-9(2)12(15)17/h3-5,9H,6-7H2,1-2H3,(H,14,16). The number of rotatable bonds is 2. The van der Waals surface area contributed by atoms with Crippen LogP contribution in [-0.4, -0.2) is 34.3 Å². The maximum Gasteiger partial charge on any atom is 0.245 e. The molecule has 2 amide bonds. The van der Waals surface area contributed by atoms with Crippen LogP contribution in [0.5, 0.6) is 0 Å². The van der Waals surface area contributed by atoms with E-state index >= 15 is 0 Å². The van der Waals surface area contributed by atoms with E-state index in [0.717, 1.165) is 11.1 Å². The fourth-order valence-electron chi connectivity index (χ4n) is 1.88. The van der Waals surface area contributed by atoms with Crippen LogP contribution >= 0.6 is 0 Å². The number of nitrogens with zero attached hydrogens (tertiary/aromatic N) is 2. The molecule has 0 spiro atoms. The number of piperazine rings is 1. The minimum atomic E-state index is -0.437. The van der Waals surface area contributed by atoms with Crippen molar-refractivity contribution >= 4 is 11.8 Å². The van der Waals surface area contributed by atoms with E-state index in [2.05, 4.69) is 10.3 Å². The Morgan fingerprint density at radius 1 is 1.53 bits per heavy atom. The smallest absolute Gasteiger partial charge is 0.245 e. The first-order valence-corrected chi connectivity index (χ1v) is 5.55. The first-order chi connectivity index (χ1) is 8.08. The predicted molar refractivity (Wildman–Crippen MR) is 62.0 cm³/mol. The molecule has 0 radical (unpaired) electrons. The third-order valence-electron chi connectivity index (χ3n) is 2.90. The van der Waals surface area contributed by atoms with E-state index in [-0.39, 0.29) is 18.4 Å². The summed E-state index contributed by atoms with van der Waals surface area (Å²) >= 11 is 0. The first kappa shape index (κ1) is 11.6. The van der Waals surface area contributed by atoms with Gasteiger partial charge in [0.25, 0.3) is 0 Å². The number of aryl methyl sites for hydroxylation is 1. The zero-order valence-corrected chi connectivity index (χ0v) is 9.93. The molecule has 5 nitrogen and oxygen atoms in total. The molecule has 5 heteroatoms. The number of pyridine rings is 1. The summed E-state index contributed by atoms with van der Waals surface area (Å²) in [5, 5.41) is 2.61. The summed E-state index contributed by atoms with van der Waals surface area (Å²) < 4.78 is 0. The first-order valence-electron chi connectivity index (χ1n) is 5.55. The molecule has 2 heterocycles. The van der Waals surface area contributed by atoms with E-state index in [0.29, 0.717) is 6.54 Å². The molecule has 1 aromatic rings. The highest BCUT2D eigenvalue weighted by atomic mass is 16.2. The highest BCUT2D eigenvalue weighted by molar-refractivity contribution is 5.94. The third-order valence-corrected chi connectivity index (χ3v) is 2.90. The van der Waals surface area contributed by atoms with Gasteiger partial charge in [0, 0.05) is 18.9 Å². The van der Waals surface area contributed by atoms with Crippen molar-refractivity contribution < 1.29 is 9.59 Å². The molecule has 0 aliphatic carbocycles. The van der Waals surface area contributed by atoms with Gasteiger partial charge in [0.15, 0.2) is 0 Å². The zero-order chi connectivity index (χ0) is 12.4. The zero-order valence-electron chi connectivity index (χ0n) is 9.93. The number of hydrogen-bond donors (Lipinski definition) is 1. The van der Waals surface area contributed by atoms with Gasteiger partial charge in [-0.25, -0.2) is 0 Å². The van der Waals surface area contributed by atoms with Gasteiger partial charge in [-0.3, -0.25) is 14.6 Å². The van der Waals surface area contributed by atoms with E-state index in [9.17, 15) is 9.59 Å². The maximum absolute atomic E-state index is 11.9. The van der Waals surface area contributed by atoms with Gasteiger partial charge in [-0.2, -0.15) is 0 Å². The van der Waals surface area contributed by atoms with Crippen LogP contribution in [0.2, 0.25) is 0 Å². The molecule has 0 aromatic carbocycles. The molecule has 1 unspecified atom stereocenters. The fraction of sp³-hybridized carbons (Fsp3) is 0.417. The molecule has 1 aliphatic rings. The Bertz CT molecular complexity index is 459. The molecular formula is C12H15N3O2. The second kappa shape index (κ2) is 4.53. The molecule has 1 aliphatic heterocycles. The van der Waals surface area contributed by atoms with Crippen LogP contribution in [0.4, 0.5) is 0 Å². The topological polar surface area (TPSA) is 62.3 Å². The van der Waals surface area contributed by atoms with Crippen LogP contribution in [0.25, 0.3) is 0 Å². The quantitative estimate of drug-likeness (QED) is 0.795. The minimum Gasteiger partial charge on any atom is -0.343 e. The molecule has 0 saturated carbocycles. The van der Waals surface area contributed by atoms with Gasteiger partial charge >= 0.3 is 0 Å². The lowest BCUT2D eigenvalue weighted by Gasteiger charge is -2.31. The van der Waals surface area contributed by atoms with Crippen molar-refractivity contribution in [2.24, 2.45) is 0 Å². The lowest BCUT2D eigenvalue weighted by atomic mass is 10.1. The van der Waals surface area contributed by atoms with Gasteiger partial charge in [0.05, 0.1) is 6.54 Å². The van der Waals surface area contributed by atoms with Crippen molar-refractivity contribution in [3.63, 3.8) is 0 Å². The normalized spacial score (nSPS) is 20.4. The molecule has 1 atom stereocenters. The largest absolute Gasteiger partial charge is 0.343 e. The second-order valence-electron chi connectivity index (χ2n) is 4.29. The Hall–Kier alpha value is -1.91. The lowest BCUT2D eigenvalue weighted by molar-refractivity contribution is -0.144. The molecule has 1 saturated heterocycles. The van der Waals surface area contributed by atoms with E-state index in [1.54, 1.807) is 24.2 Å². The van der Waals surface area contributed by atoms with Crippen LogP contribution in [0.15, 0.2) is 18.5 Å². The van der Waals surface area contributed by atoms with Crippen molar-refractivity contribution in [1.29, 1.82) is 0 Å². The highest BCUT2D eigenvalue weighted by Gasteiger charge is 2.29. The Labute approximate surface area is 99.8 Å². The van der Waals surface area contributed by atoms with E-state index in [1.165, 1.54) is 0 Å². The predicted octanol–water partition coefficient (Wildman–Crippen LogP) is 0.237. The molecule has 1 fully saturated rings. The molecule has 90 valence electrons. The summed E-state index contributed by atoms with van der Waals surface area (Å²) in [6, 6.07) is 1.46. The fourth-order valence-corrected chi connectivity index (χ4v) is 1.88. The van der Waals surface area contributed by atoms with Gasteiger partial charge in [0.2, 0.25) is 11.8 Å². The molecular weight excluding hydrogens is 218 g/mol. The lowest BCUT2D eigenvalue weighted by Crippen LogP contribution is -2.56. The van der Waals surface area contributed by atoms with Crippen molar-refractivity contribution in [3.05, 3.63) is 29.6 Å². The highest BCUT2D eigenvalue weighted by Crippen LogP contribution is 2.11. The van der Waals surface area contributed by atoms with Gasteiger partial charge in [-0.05, 0) is 31.0 Å². The maximum atomic E-state index is 11.9. The summed E-state index contributed by atoms with van der Waals surface area (Å²) in [4.78, 5) is 28.9. The van der Waals surface area contributed by atoms with Crippen molar-refractivity contribution in [1.82, 2.24) is 15.2 Å². The van der Waals surface area contributed by atoms with Crippen LogP contribution in [-0.2, 0) is 16.1 Å². The average molecular weight is 233 g/mol. The Kier molecular flexibility index (Phi) is 3.08. The van der Waals surface area contributed by atoms with E-state index in [4.69, 9.17) is 0 Å². The Morgan fingerprint density at radius 2 is 2.29 bits per heavy atom. The van der Waals surface area contributed by atoms with Crippen LogP contribution in [0, 0.1) is 6.92 Å². The molecule has 0 bridgehead atoms. The van der Waals surface area contributed by atoms with E-state index < -0.39 is 6.04 Å². The molecule has 17 heavy (non-hydrogen) atoms. The van der Waals surface area contributed by atoms with Crippen molar-refractivity contribution in [2.75, 3.05) is 6.54 Å². The summed E-state index contributed by atoms with van der Waals surface area (Å²) in [5.74, 6) is -0.161. The van der Waals surface area contributed by atoms with E-state index in [1.807, 2.05) is 13.0 Å². The SMILES string of the molecule is Cc1ccncc1CN1CC(=O)NC(C)C1=O. The number of amides is 2. The molecule has 1 N–H and O–H groups in total. The minimum absolute atomic E-state index is 0.0483. The summed E-state index contributed by atoms with van der Waals surface area (Å²) in [5.41, 5.74) is 2.05. The Morgan fingerprint density at radius 3 is 3.00 bits per heavy atom. The van der Waals surface area contributed by atoms with Gasteiger partial charge in [-0.15, -0.1) is 0 Å². The van der Waals surface area contributed by atoms with Crippen LogP contribution in [0.1, 0.15) is 18.1 Å². The number of carbonyl (C=O) groups is 2. The summed E-state index contributed by atoms with van der Waals surface area (Å²) in [6.45, 7) is 4.23. The van der Waals surface area contributed by atoms with Crippen LogP contribution in [0.3, 0.4) is 0 Å². The average Bonchev–Trinajstić information content (AvgIpc) is 2.28. The number of carbonyl (C=O) groups excluding carboxylic acids is 2. The third kappa shape index (κ3) is 2.43. The Balaban J connectivity index is 2.15.